The number of hydrogen-bond acceptors (Lipinski definition) is 4. The van der Waals surface area contributed by atoms with E-state index in [1.165, 1.54) is 0 Å². The first-order valence-electron chi connectivity index (χ1n) is 6.77. The van der Waals surface area contributed by atoms with Crippen LogP contribution in [0, 0.1) is 5.92 Å². The molecule has 2 atom stereocenters. The highest BCUT2D eigenvalue weighted by Crippen LogP contribution is 2.16. The third-order valence-electron chi connectivity index (χ3n) is 3.51. The third kappa shape index (κ3) is 4.08. The molecule has 0 aromatic carbocycles. The average molecular weight is 253 g/mol. The van der Waals surface area contributed by atoms with Crippen LogP contribution in [-0.4, -0.2) is 56.2 Å². The minimum Gasteiger partial charge on any atom is -0.379 e. The van der Waals surface area contributed by atoms with Crippen molar-refractivity contribution >= 4 is 5.91 Å². The molecule has 1 saturated heterocycles. The zero-order chi connectivity index (χ0) is 12.8. The van der Waals surface area contributed by atoms with Crippen LogP contribution in [0.5, 0.6) is 0 Å². The van der Waals surface area contributed by atoms with E-state index in [4.69, 9.17) is 10.5 Å². The molecule has 18 heavy (non-hydrogen) atoms. The molecule has 1 amide bonds. The van der Waals surface area contributed by atoms with E-state index in [1.807, 2.05) is 12.2 Å². The van der Waals surface area contributed by atoms with Crippen molar-refractivity contribution < 1.29 is 9.53 Å². The van der Waals surface area contributed by atoms with E-state index in [9.17, 15) is 4.79 Å². The number of ether oxygens (including phenoxy) is 1. The van der Waals surface area contributed by atoms with Crippen LogP contribution in [0.4, 0.5) is 0 Å². The normalized spacial score (nSPS) is 28.5. The van der Waals surface area contributed by atoms with E-state index in [2.05, 4.69) is 10.2 Å². The summed E-state index contributed by atoms with van der Waals surface area (Å²) in [5.41, 5.74) is 5.73. The lowest BCUT2D eigenvalue weighted by Gasteiger charge is -2.26. The van der Waals surface area contributed by atoms with Crippen molar-refractivity contribution in [1.82, 2.24) is 10.2 Å². The maximum absolute atomic E-state index is 11.8. The number of nitrogens with zero attached hydrogens (tertiary/aromatic N) is 1. The number of nitrogens with one attached hydrogen (secondary N) is 1. The second kappa shape index (κ2) is 6.87. The second-order valence-electron chi connectivity index (χ2n) is 4.99. The van der Waals surface area contributed by atoms with E-state index in [0.29, 0.717) is 0 Å². The van der Waals surface area contributed by atoms with Gasteiger partial charge in [-0.25, -0.2) is 0 Å². The smallest absolute Gasteiger partial charge is 0.226 e. The van der Waals surface area contributed by atoms with E-state index in [0.717, 1.165) is 52.2 Å². The van der Waals surface area contributed by atoms with Crippen LogP contribution in [-0.2, 0) is 9.53 Å². The molecule has 5 heteroatoms. The highest BCUT2D eigenvalue weighted by molar-refractivity contribution is 5.81. The molecule has 2 aliphatic rings. The Morgan fingerprint density at radius 3 is 2.83 bits per heavy atom. The Morgan fingerprint density at radius 1 is 1.39 bits per heavy atom. The van der Waals surface area contributed by atoms with Crippen molar-refractivity contribution in [3.05, 3.63) is 12.2 Å². The number of hydrogen-bond donors (Lipinski definition) is 2. The molecule has 0 aromatic heterocycles. The number of morpholine rings is 1. The maximum atomic E-state index is 11.8. The summed E-state index contributed by atoms with van der Waals surface area (Å²) >= 11 is 0. The fraction of sp³-hybridized carbons (Fsp3) is 0.769. The number of carbonyl (C=O) groups excluding carboxylic acids is 1. The summed E-state index contributed by atoms with van der Waals surface area (Å²) < 4.78 is 5.29. The zero-order valence-corrected chi connectivity index (χ0v) is 10.8. The minimum absolute atomic E-state index is 0.0246. The van der Waals surface area contributed by atoms with Gasteiger partial charge >= 0.3 is 0 Å². The van der Waals surface area contributed by atoms with Crippen LogP contribution in [0.1, 0.15) is 12.8 Å². The van der Waals surface area contributed by atoms with Crippen LogP contribution in [0.2, 0.25) is 0 Å². The monoisotopic (exact) mass is 253 g/mol. The van der Waals surface area contributed by atoms with Crippen LogP contribution >= 0.6 is 0 Å². The third-order valence-corrected chi connectivity index (χ3v) is 3.51. The molecule has 0 bridgehead atoms. The predicted octanol–water partition coefficient (Wildman–Crippen LogP) is -0.272. The molecule has 1 heterocycles. The molecule has 2 rings (SSSR count). The summed E-state index contributed by atoms with van der Waals surface area (Å²) in [4.78, 5) is 14.2. The van der Waals surface area contributed by atoms with Gasteiger partial charge in [0, 0.05) is 25.7 Å². The molecule has 0 aromatic rings. The fourth-order valence-electron chi connectivity index (χ4n) is 2.39. The first kappa shape index (κ1) is 13.5. The van der Waals surface area contributed by atoms with Crippen molar-refractivity contribution in [2.75, 3.05) is 39.4 Å². The van der Waals surface area contributed by atoms with Crippen molar-refractivity contribution in [3.63, 3.8) is 0 Å². The predicted molar refractivity (Wildman–Crippen MR) is 70.1 cm³/mol. The topological polar surface area (TPSA) is 67.6 Å². The van der Waals surface area contributed by atoms with Crippen molar-refractivity contribution in [2.45, 2.75) is 18.9 Å². The molecule has 0 spiro atoms. The summed E-state index contributed by atoms with van der Waals surface area (Å²) in [6, 6.07) is 0.0501. The quantitative estimate of drug-likeness (QED) is 0.523. The van der Waals surface area contributed by atoms with Gasteiger partial charge in [-0.15, -0.1) is 0 Å². The maximum Gasteiger partial charge on any atom is 0.226 e. The Balaban J connectivity index is 1.55. The Labute approximate surface area is 108 Å². The van der Waals surface area contributed by atoms with Gasteiger partial charge in [0.05, 0.1) is 19.1 Å². The number of rotatable bonds is 5. The van der Waals surface area contributed by atoms with Gasteiger partial charge in [0.1, 0.15) is 0 Å². The van der Waals surface area contributed by atoms with Gasteiger partial charge in [-0.2, -0.15) is 0 Å². The van der Waals surface area contributed by atoms with Crippen LogP contribution in [0.25, 0.3) is 0 Å². The zero-order valence-electron chi connectivity index (χ0n) is 10.8. The van der Waals surface area contributed by atoms with Gasteiger partial charge in [-0.3, -0.25) is 9.69 Å². The highest BCUT2D eigenvalue weighted by Gasteiger charge is 2.22. The molecular weight excluding hydrogens is 230 g/mol. The Hall–Kier alpha value is -0.910. The Bertz CT molecular complexity index is 301. The molecule has 2 unspecified atom stereocenters. The highest BCUT2D eigenvalue weighted by atomic mass is 16.5. The molecule has 0 saturated carbocycles. The van der Waals surface area contributed by atoms with E-state index in [1.54, 1.807) is 0 Å². The molecule has 102 valence electrons. The van der Waals surface area contributed by atoms with Gasteiger partial charge in [-0.05, 0) is 19.4 Å². The van der Waals surface area contributed by atoms with E-state index < -0.39 is 0 Å². The molecule has 1 fully saturated rings. The Morgan fingerprint density at radius 2 is 2.17 bits per heavy atom. The largest absolute Gasteiger partial charge is 0.379 e. The lowest BCUT2D eigenvalue weighted by atomic mass is 10.1. The average Bonchev–Trinajstić information content (AvgIpc) is 2.82. The van der Waals surface area contributed by atoms with E-state index >= 15 is 0 Å². The number of amides is 1. The first-order chi connectivity index (χ1) is 8.75. The van der Waals surface area contributed by atoms with Gasteiger partial charge < -0.3 is 15.8 Å². The second-order valence-corrected chi connectivity index (χ2v) is 4.99. The molecule has 0 radical (unpaired) electrons. The van der Waals surface area contributed by atoms with Gasteiger partial charge in [0.2, 0.25) is 5.91 Å². The lowest BCUT2D eigenvalue weighted by Crippen LogP contribution is -2.38. The molecule has 3 N–H and O–H groups in total. The SMILES string of the molecule is NC1C=CC(C(=O)NCCCN2CCOCC2)C1. The van der Waals surface area contributed by atoms with Crippen LogP contribution in [0.15, 0.2) is 12.2 Å². The van der Waals surface area contributed by atoms with E-state index in [-0.39, 0.29) is 17.9 Å². The van der Waals surface area contributed by atoms with Gasteiger partial charge in [0.15, 0.2) is 0 Å². The lowest BCUT2D eigenvalue weighted by molar-refractivity contribution is -0.123. The summed E-state index contributed by atoms with van der Waals surface area (Å²) in [6.07, 6.45) is 5.57. The van der Waals surface area contributed by atoms with Gasteiger partial charge in [0.25, 0.3) is 0 Å². The molecule has 1 aliphatic carbocycles. The molecular formula is C13H23N3O2. The fourth-order valence-corrected chi connectivity index (χ4v) is 2.39. The van der Waals surface area contributed by atoms with Crippen molar-refractivity contribution in [3.8, 4) is 0 Å². The summed E-state index contributed by atoms with van der Waals surface area (Å²) in [6.45, 7) is 5.45. The first-order valence-corrected chi connectivity index (χ1v) is 6.77. The van der Waals surface area contributed by atoms with Crippen molar-refractivity contribution in [2.24, 2.45) is 11.7 Å². The Kier molecular flexibility index (Phi) is 5.16. The molecule has 1 aliphatic heterocycles. The number of carbonyl (C=O) groups is 1. The van der Waals surface area contributed by atoms with Gasteiger partial charge in [-0.1, -0.05) is 12.2 Å². The van der Waals surface area contributed by atoms with Crippen LogP contribution in [0.3, 0.4) is 0 Å². The standard InChI is InChI=1S/C13H23N3O2/c14-12-3-2-11(10-12)13(17)15-4-1-5-16-6-8-18-9-7-16/h2-3,11-12H,1,4-10,14H2,(H,15,17). The van der Waals surface area contributed by atoms with Crippen LogP contribution < -0.4 is 11.1 Å². The summed E-state index contributed by atoms with van der Waals surface area (Å²) in [7, 11) is 0. The van der Waals surface area contributed by atoms with Crippen molar-refractivity contribution in [1.29, 1.82) is 0 Å². The summed E-state index contributed by atoms with van der Waals surface area (Å²) in [5, 5.41) is 2.98. The summed E-state index contributed by atoms with van der Waals surface area (Å²) in [5.74, 6) is 0.0876. The number of nitrogens with two attached hydrogens (primary N) is 1. The molecule has 5 nitrogen and oxygen atoms in total. The minimum atomic E-state index is -0.0246.